The molecule has 2 heterocycles. The highest BCUT2D eigenvalue weighted by molar-refractivity contribution is 5.96. The van der Waals surface area contributed by atoms with Gasteiger partial charge in [0.15, 0.2) is 0 Å². The molecule has 1 atom stereocenters. The van der Waals surface area contributed by atoms with E-state index in [0.29, 0.717) is 0 Å². The van der Waals surface area contributed by atoms with Crippen molar-refractivity contribution in [2.24, 2.45) is 5.92 Å². The van der Waals surface area contributed by atoms with E-state index in [1.54, 1.807) is 0 Å². The summed E-state index contributed by atoms with van der Waals surface area (Å²) in [6.45, 7) is 4.95. The molecule has 0 bridgehead atoms. The number of imidazole rings is 1. The van der Waals surface area contributed by atoms with Gasteiger partial charge in [-0.3, -0.25) is 4.79 Å². The first-order valence-electron chi connectivity index (χ1n) is 8.57. The van der Waals surface area contributed by atoms with Crippen molar-refractivity contribution in [1.82, 2.24) is 9.97 Å². The van der Waals surface area contributed by atoms with Gasteiger partial charge >= 0.3 is 0 Å². The normalized spacial score (nSPS) is 20.1. The van der Waals surface area contributed by atoms with Gasteiger partial charge in [0.25, 0.3) is 0 Å². The molecule has 0 fully saturated rings. The Kier molecular flexibility index (Phi) is 3.47. The third-order valence-corrected chi connectivity index (χ3v) is 5.13. The summed E-state index contributed by atoms with van der Waals surface area (Å²) in [6, 6.07) is 6.46. The van der Waals surface area contributed by atoms with E-state index < -0.39 is 0 Å². The fourth-order valence-corrected chi connectivity index (χ4v) is 4.01. The molecule has 4 nitrogen and oxygen atoms in total. The predicted molar refractivity (Wildman–Crippen MR) is 90.7 cm³/mol. The molecule has 0 unspecified atom stereocenters. The fraction of sp³-hybridized carbons (Fsp3) is 0.474. The van der Waals surface area contributed by atoms with E-state index in [-0.39, 0.29) is 11.8 Å². The number of hydrogen-bond donors (Lipinski definition) is 1. The first-order valence-corrected chi connectivity index (χ1v) is 8.57. The number of nitrogens with zero attached hydrogens (tertiary/aromatic N) is 2. The van der Waals surface area contributed by atoms with Gasteiger partial charge in [-0.05, 0) is 51.2 Å². The van der Waals surface area contributed by atoms with Crippen LogP contribution in [0, 0.1) is 19.8 Å². The van der Waals surface area contributed by atoms with Gasteiger partial charge in [0.2, 0.25) is 5.91 Å². The van der Waals surface area contributed by atoms with Gasteiger partial charge in [0.05, 0.1) is 5.69 Å². The Labute approximate surface area is 136 Å². The quantitative estimate of drug-likeness (QED) is 0.880. The standard InChI is InChI=1S/C19H23N3O/c1-12-5-8-18-14(10-12)4-3-9-22(18)19(23)15-6-7-16-17(11-15)21-13(2)20-16/h5,8,10,15H,3-4,6-7,9,11H2,1-2H3,(H,20,21)/t15-/m0/s1. The van der Waals surface area contributed by atoms with Crippen LogP contribution in [0.3, 0.4) is 0 Å². The smallest absolute Gasteiger partial charge is 0.230 e. The Morgan fingerprint density at radius 2 is 2.17 bits per heavy atom. The van der Waals surface area contributed by atoms with Gasteiger partial charge in [-0.25, -0.2) is 4.98 Å². The highest BCUT2D eigenvalue weighted by Gasteiger charge is 2.32. The van der Waals surface area contributed by atoms with Crippen molar-refractivity contribution in [2.45, 2.75) is 46.0 Å². The average Bonchev–Trinajstić information content (AvgIpc) is 2.92. The summed E-state index contributed by atoms with van der Waals surface area (Å²) in [6.07, 6.45) is 4.75. The molecule has 1 aliphatic heterocycles. The maximum atomic E-state index is 13.1. The van der Waals surface area contributed by atoms with Gasteiger partial charge in [-0.1, -0.05) is 17.7 Å². The summed E-state index contributed by atoms with van der Waals surface area (Å²) in [7, 11) is 0. The van der Waals surface area contributed by atoms with E-state index >= 15 is 0 Å². The zero-order valence-corrected chi connectivity index (χ0v) is 13.9. The van der Waals surface area contributed by atoms with Crippen LogP contribution in [-0.4, -0.2) is 22.4 Å². The van der Waals surface area contributed by atoms with Crippen LogP contribution in [0.1, 0.15) is 41.2 Å². The minimum absolute atomic E-state index is 0.0783. The largest absolute Gasteiger partial charge is 0.346 e. The number of hydrogen-bond acceptors (Lipinski definition) is 2. The summed E-state index contributed by atoms with van der Waals surface area (Å²) in [5.41, 5.74) is 6.03. The van der Waals surface area contributed by atoms with Crippen LogP contribution in [0.25, 0.3) is 0 Å². The van der Waals surface area contributed by atoms with Crippen LogP contribution < -0.4 is 4.90 Å². The lowest BCUT2D eigenvalue weighted by Crippen LogP contribution is -2.41. The third kappa shape index (κ3) is 2.56. The molecule has 120 valence electrons. The maximum Gasteiger partial charge on any atom is 0.230 e. The van der Waals surface area contributed by atoms with Gasteiger partial charge in [-0.15, -0.1) is 0 Å². The summed E-state index contributed by atoms with van der Waals surface area (Å²) in [4.78, 5) is 23.0. The van der Waals surface area contributed by atoms with E-state index in [0.717, 1.165) is 61.5 Å². The van der Waals surface area contributed by atoms with Crippen molar-refractivity contribution in [1.29, 1.82) is 0 Å². The lowest BCUT2D eigenvalue weighted by Gasteiger charge is -2.33. The molecule has 1 aliphatic carbocycles. The molecule has 0 radical (unpaired) electrons. The number of anilines is 1. The molecule has 4 heteroatoms. The molecule has 1 N–H and O–H groups in total. The second kappa shape index (κ2) is 5.52. The Morgan fingerprint density at radius 3 is 3.04 bits per heavy atom. The van der Waals surface area contributed by atoms with Crippen LogP contribution in [0.15, 0.2) is 18.2 Å². The number of H-pyrrole nitrogens is 1. The Morgan fingerprint density at radius 1 is 1.30 bits per heavy atom. The molecule has 1 amide bonds. The summed E-state index contributed by atoms with van der Waals surface area (Å²) >= 11 is 0. The molecule has 23 heavy (non-hydrogen) atoms. The Hall–Kier alpha value is -2.10. The van der Waals surface area contributed by atoms with E-state index in [9.17, 15) is 4.79 Å². The highest BCUT2D eigenvalue weighted by Crippen LogP contribution is 2.32. The second-order valence-corrected chi connectivity index (χ2v) is 6.91. The van der Waals surface area contributed by atoms with Gasteiger partial charge in [0.1, 0.15) is 5.82 Å². The van der Waals surface area contributed by atoms with Crippen molar-refractivity contribution in [3.8, 4) is 0 Å². The van der Waals surface area contributed by atoms with Crippen LogP contribution in [0.2, 0.25) is 0 Å². The molecule has 1 aromatic carbocycles. The topological polar surface area (TPSA) is 49.0 Å². The molecular formula is C19H23N3O. The number of carbonyl (C=O) groups excluding carboxylic acids is 1. The number of aromatic nitrogens is 2. The van der Waals surface area contributed by atoms with Gasteiger partial charge in [-0.2, -0.15) is 0 Å². The first kappa shape index (κ1) is 14.5. The Bertz CT molecular complexity index is 762. The second-order valence-electron chi connectivity index (χ2n) is 6.91. The number of aryl methyl sites for hydroxylation is 4. The predicted octanol–water partition coefficient (Wildman–Crippen LogP) is 3.11. The zero-order valence-electron chi connectivity index (χ0n) is 13.9. The average molecular weight is 309 g/mol. The van der Waals surface area contributed by atoms with Crippen LogP contribution in [-0.2, 0) is 24.1 Å². The number of carbonyl (C=O) groups is 1. The van der Waals surface area contributed by atoms with Crippen molar-refractivity contribution in [3.05, 3.63) is 46.5 Å². The monoisotopic (exact) mass is 309 g/mol. The highest BCUT2D eigenvalue weighted by atomic mass is 16.2. The SMILES string of the molecule is Cc1ccc2c(c1)CCCN2C(=O)[C@H]1CCc2nc(C)[nH]c2C1. The van der Waals surface area contributed by atoms with Crippen LogP contribution in [0.4, 0.5) is 5.69 Å². The van der Waals surface area contributed by atoms with Gasteiger partial charge in [0, 0.05) is 30.3 Å². The minimum atomic E-state index is 0.0783. The summed E-state index contributed by atoms with van der Waals surface area (Å²) in [5, 5.41) is 0. The molecule has 2 aromatic rings. The van der Waals surface area contributed by atoms with Crippen molar-refractivity contribution in [2.75, 3.05) is 11.4 Å². The summed E-state index contributed by atoms with van der Waals surface area (Å²) < 4.78 is 0. The number of benzene rings is 1. The van der Waals surface area contributed by atoms with Gasteiger partial charge < -0.3 is 9.88 Å². The van der Waals surface area contributed by atoms with E-state index in [1.165, 1.54) is 11.1 Å². The number of aromatic amines is 1. The lowest BCUT2D eigenvalue weighted by molar-refractivity contribution is -0.122. The lowest BCUT2D eigenvalue weighted by atomic mass is 9.87. The number of nitrogens with one attached hydrogen (secondary N) is 1. The number of fused-ring (bicyclic) bond motifs is 2. The third-order valence-electron chi connectivity index (χ3n) is 5.13. The minimum Gasteiger partial charge on any atom is -0.346 e. The molecule has 4 rings (SSSR count). The summed E-state index contributed by atoms with van der Waals surface area (Å²) in [5.74, 6) is 1.32. The molecule has 2 aliphatic rings. The van der Waals surface area contributed by atoms with E-state index in [2.05, 4.69) is 35.1 Å². The van der Waals surface area contributed by atoms with Crippen molar-refractivity contribution >= 4 is 11.6 Å². The molecule has 1 aromatic heterocycles. The van der Waals surface area contributed by atoms with Crippen molar-refractivity contribution < 1.29 is 4.79 Å². The Balaban J connectivity index is 1.59. The molecule has 0 saturated carbocycles. The fourth-order valence-electron chi connectivity index (χ4n) is 4.01. The van der Waals surface area contributed by atoms with Crippen LogP contribution in [0.5, 0.6) is 0 Å². The van der Waals surface area contributed by atoms with Crippen molar-refractivity contribution in [3.63, 3.8) is 0 Å². The number of amides is 1. The van der Waals surface area contributed by atoms with E-state index in [1.807, 2.05) is 11.8 Å². The first-order chi connectivity index (χ1) is 11.1. The molecule has 0 spiro atoms. The zero-order chi connectivity index (χ0) is 16.0. The number of rotatable bonds is 1. The van der Waals surface area contributed by atoms with E-state index in [4.69, 9.17) is 0 Å². The molecule has 0 saturated heterocycles. The molecular weight excluding hydrogens is 286 g/mol. The van der Waals surface area contributed by atoms with Crippen LogP contribution >= 0.6 is 0 Å². The maximum absolute atomic E-state index is 13.1.